The van der Waals surface area contributed by atoms with E-state index in [9.17, 15) is 9.18 Å². The maximum atomic E-state index is 13.6. The fourth-order valence-electron chi connectivity index (χ4n) is 2.03. The van der Waals surface area contributed by atoms with E-state index in [1.165, 1.54) is 18.2 Å². The molecule has 1 amide bonds. The zero-order valence-electron chi connectivity index (χ0n) is 11.9. The number of nitrogens with zero attached hydrogens (tertiary/aromatic N) is 1. The summed E-state index contributed by atoms with van der Waals surface area (Å²) in [5, 5.41) is 2.61. The predicted octanol–water partition coefficient (Wildman–Crippen LogP) is 4.06. The van der Waals surface area contributed by atoms with Crippen molar-refractivity contribution >= 4 is 39.0 Å². The number of carbonyl (C=O) groups is 1. The fourth-order valence-corrected chi connectivity index (χ4v) is 2.44. The van der Waals surface area contributed by atoms with Gasteiger partial charge in [0.2, 0.25) is 11.8 Å². The Hall–Kier alpha value is -2.47. The summed E-state index contributed by atoms with van der Waals surface area (Å²) in [5.41, 5.74) is 1.79. The van der Waals surface area contributed by atoms with Crippen molar-refractivity contribution in [2.24, 2.45) is 0 Å². The molecular weight excluding hydrogens is 363 g/mol. The molecule has 0 radical (unpaired) electrons. The molecule has 0 bridgehead atoms. The average Bonchev–Trinajstić information content (AvgIpc) is 2.96. The number of oxazole rings is 1. The molecule has 116 valence electrons. The first-order valence-electron chi connectivity index (χ1n) is 6.87. The molecule has 6 heteroatoms. The normalized spacial score (nSPS) is 11.2. The highest BCUT2D eigenvalue weighted by Gasteiger charge is 2.05. The van der Waals surface area contributed by atoms with E-state index >= 15 is 0 Å². The Balaban J connectivity index is 1.63. The Kier molecular flexibility index (Phi) is 4.52. The van der Waals surface area contributed by atoms with E-state index in [1.807, 2.05) is 18.2 Å². The molecule has 0 saturated heterocycles. The van der Waals surface area contributed by atoms with Gasteiger partial charge in [-0.15, -0.1) is 0 Å². The Labute approximate surface area is 140 Å². The molecule has 0 unspecified atom stereocenters. The molecule has 23 heavy (non-hydrogen) atoms. The van der Waals surface area contributed by atoms with Gasteiger partial charge in [-0.25, -0.2) is 9.37 Å². The van der Waals surface area contributed by atoms with Crippen LogP contribution in [0.5, 0.6) is 0 Å². The molecule has 0 aliphatic heterocycles. The minimum atomic E-state index is -0.364. The molecule has 1 aromatic heterocycles. The van der Waals surface area contributed by atoms with Crippen LogP contribution in [0.1, 0.15) is 11.5 Å². The zero-order valence-corrected chi connectivity index (χ0v) is 13.5. The van der Waals surface area contributed by atoms with Crippen LogP contribution in [0.25, 0.3) is 17.2 Å². The van der Waals surface area contributed by atoms with Crippen LogP contribution >= 0.6 is 15.9 Å². The first-order chi connectivity index (χ1) is 11.1. The molecule has 0 aliphatic rings. The van der Waals surface area contributed by atoms with Gasteiger partial charge in [0.25, 0.3) is 0 Å². The SMILES string of the molecule is O=C(/C=C/c1nc2ccccc2o1)NCc1cc(Br)ccc1F. The molecule has 0 aliphatic carbocycles. The second-order valence-electron chi connectivity index (χ2n) is 4.81. The van der Waals surface area contributed by atoms with E-state index in [1.54, 1.807) is 18.2 Å². The summed E-state index contributed by atoms with van der Waals surface area (Å²) in [6.45, 7) is 0.0992. The number of fused-ring (bicyclic) bond motifs is 1. The van der Waals surface area contributed by atoms with Crippen LogP contribution in [-0.4, -0.2) is 10.9 Å². The predicted molar refractivity (Wildman–Crippen MR) is 89.0 cm³/mol. The van der Waals surface area contributed by atoms with Crippen molar-refractivity contribution in [1.82, 2.24) is 10.3 Å². The van der Waals surface area contributed by atoms with Crippen LogP contribution in [-0.2, 0) is 11.3 Å². The van der Waals surface area contributed by atoms with Crippen molar-refractivity contribution in [2.45, 2.75) is 6.54 Å². The highest BCUT2D eigenvalue weighted by atomic mass is 79.9. The van der Waals surface area contributed by atoms with E-state index in [0.717, 1.165) is 9.99 Å². The lowest BCUT2D eigenvalue weighted by molar-refractivity contribution is -0.116. The summed E-state index contributed by atoms with van der Waals surface area (Å²) in [4.78, 5) is 16.0. The lowest BCUT2D eigenvalue weighted by atomic mass is 10.2. The maximum absolute atomic E-state index is 13.6. The maximum Gasteiger partial charge on any atom is 0.244 e. The van der Waals surface area contributed by atoms with Crippen molar-refractivity contribution in [1.29, 1.82) is 0 Å². The molecule has 4 nitrogen and oxygen atoms in total. The lowest BCUT2D eigenvalue weighted by Crippen LogP contribution is -2.20. The third kappa shape index (κ3) is 3.84. The average molecular weight is 375 g/mol. The van der Waals surface area contributed by atoms with Gasteiger partial charge in [-0.3, -0.25) is 4.79 Å². The number of rotatable bonds is 4. The molecule has 1 N–H and O–H groups in total. The van der Waals surface area contributed by atoms with Crippen LogP contribution in [0, 0.1) is 5.82 Å². The van der Waals surface area contributed by atoms with Gasteiger partial charge >= 0.3 is 0 Å². The summed E-state index contributed by atoms with van der Waals surface area (Å²) in [6.07, 6.45) is 2.78. The van der Waals surface area contributed by atoms with E-state index in [-0.39, 0.29) is 18.3 Å². The Morgan fingerprint density at radius 1 is 1.30 bits per heavy atom. The van der Waals surface area contributed by atoms with Gasteiger partial charge in [0, 0.05) is 28.7 Å². The topological polar surface area (TPSA) is 55.1 Å². The number of halogens is 2. The summed E-state index contributed by atoms with van der Waals surface area (Å²) in [7, 11) is 0. The van der Waals surface area contributed by atoms with Crippen LogP contribution in [0.3, 0.4) is 0 Å². The van der Waals surface area contributed by atoms with Crippen LogP contribution in [0.4, 0.5) is 4.39 Å². The highest BCUT2D eigenvalue weighted by Crippen LogP contribution is 2.16. The minimum absolute atomic E-state index is 0.0992. The van der Waals surface area contributed by atoms with Gasteiger partial charge < -0.3 is 9.73 Å². The van der Waals surface area contributed by atoms with Gasteiger partial charge in [0.1, 0.15) is 11.3 Å². The largest absolute Gasteiger partial charge is 0.437 e. The first kappa shape index (κ1) is 15.4. The minimum Gasteiger partial charge on any atom is -0.437 e. The molecule has 0 atom stereocenters. The monoisotopic (exact) mass is 374 g/mol. The zero-order chi connectivity index (χ0) is 16.2. The Morgan fingerprint density at radius 3 is 2.96 bits per heavy atom. The van der Waals surface area contributed by atoms with Crippen molar-refractivity contribution in [3.63, 3.8) is 0 Å². The van der Waals surface area contributed by atoms with Crippen molar-refractivity contribution in [2.75, 3.05) is 0 Å². The van der Waals surface area contributed by atoms with Crippen molar-refractivity contribution < 1.29 is 13.6 Å². The number of amides is 1. The van der Waals surface area contributed by atoms with E-state index in [4.69, 9.17) is 4.42 Å². The van der Waals surface area contributed by atoms with Crippen LogP contribution in [0.2, 0.25) is 0 Å². The second-order valence-corrected chi connectivity index (χ2v) is 5.72. The van der Waals surface area contributed by atoms with E-state index in [2.05, 4.69) is 26.2 Å². The summed E-state index contributed by atoms with van der Waals surface area (Å²) >= 11 is 3.27. The molecule has 1 heterocycles. The van der Waals surface area contributed by atoms with Crippen molar-refractivity contribution in [3.05, 3.63) is 70.3 Å². The summed E-state index contributed by atoms with van der Waals surface area (Å²) in [6, 6.07) is 11.9. The molecule has 0 spiro atoms. The van der Waals surface area contributed by atoms with E-state index < -0.39 is 0 Å². The molecule has 3 rings (SSSR count). The number of aromatic nitrogens is 1. The number of para-hydroxylation sites is 2. The number of carbonyl (C=O) groups excluding carboxylic acids is 1. The molecular formula is C17H12BrFN2O2. The highest BCUT2D eigenvalue weighted by molar-refractivity contribution is 9.10. The van der Waals surface area contributed by atoms with Gasteiger partial charge in [0.15, 0.2) is 5.58 Å². The molecule has 0 saturated carbocycles. The third-order valence-electron chi connectivity index (χ3n) is 3.15. The Bertz CT molecular complexity index is 856. The number of hydrogen-bond acceptors (Lipinski definition) is 3. The number of hydrogen-bond donors (Lipinski definition) is 1. The smallest absolute Gasteiger partial charge is 0.244 e. The van der Waals surface area contributed by atoms with Gasteiger partial charge in [-0.1, -0.05) is 28.1 Å². The van der Waals surface area contributed by atoms with Crippen molar-refractivity contribution in [3.8, 4) is 0 Å². The van der Waals surface area contributed by atoms with Gasteiger partial charge in [-0.05, 0) is 30.3 Å². The summed E-state index contributed by atoms with van der Waals surface area (Å²) in [5.74, 6) is -0.377. The standard InChI is InChI=1S/C17H12BrFN2O2/c18-12-5-6-13(19)11(9-12)10-20-16(22)7-8-17-21-14-3-1-2-4-15(14)23-17/h1-9H,10H2,(H,20,22)/b8-7+. The summed E-state index contributed by atoms with van der Waals surface area (Å²) < 4.78 is 19.8. The number of benzene rings is 2. The van der Waals surface area contributed by atoms with E-state index in [0.29, 0.717) is 17.0 Å². The fraction of sp³-hybridized carbons (Fsp3) is 0.0588. The quantitative estimate of drug-likeness (QED) is 0.700. The van der Waals surface area contributed by atoms with Crippen LogP contribution in [0.15, 0.2) is 57.4 Å². The van der Waals surface area contributed by atoms with Gasteiger partial charge in [0.05, 0.1) is 0 Å². The molecule has 3 aromatic rings. The Morgan fingerprint density at radius 2 is 2.13 bits per heavy atom. The van der Waals surface area contributed by atoms with Gasteiger partial charge in [-0.2, -0.15) is 0 Å². The number of nitrogens with one attached hydrogen (secondary N) is 1. The molecule has 2 aromatic carbocycles. The van der Waals surface area contributed by atoms with Crippen LogP contribution < -0.4 is 5.32 Å². The lowest BCUT2D eigenvalue weighted by Gasteiger charge is -2.04. The third-order valence-corrected chi connectivity index (χ3v) is 3.64. The second kappa shape index (κ2) is 6.75. The first-order valence-corrected chi connectivity index (χ1v) is 7.66. The molecule has 0 fully saturated rings.